The summed E-state index contributed by atoms with van der Waals surface area (Å²) in [6, 6.07) is 8.37. The molecule has 1 aromatic carbocycles. The van der Waals surface area contributed by atoms with Crippen molar-refractivity contribution in [2.24, 2.45) is 11.3 Å². The van der Waals surface area contributed by atoms with Crippen LogP contribution < -0.4 is 0 Å². The highest BCUT2D eigenvalue weighted by atomic mass is 16.5. The molecule has 0 radical (unpaired) electrons. The molecule has 2 aliphatic rings. The van der Waals surface area contributed by atoms with Gasteiger partial charge in [0.1, 0.15) is 0 Å². The SMILES string of the molecule is O=C(O)C1CN(Cc2ccc(-n3ccnc3)cc2)CC12CCOCC2. The third kappa shape index (κ3) is 3.19. The molecule has 25 heavy (non-hydrogen) atoms. The van der Waals surface area contributed by atoms with E-state index in [0.29, 0.717) is 19.8 Å². The third-order valence-electron chi connectivity index (χ3n) is 5.65. The van der Waals surface area contributed by atoms with Gasteiger partial charge < -0.3 is 14.4 Å². The van der Waals surface area contributed by atoms with Crippen molar-refractivity contribution in [2.45, 2.75) is 19.4 Å². The van der Waals surface area contributed by atoms with Crippen LogP contribution in [0.4, 0.5) is 0 Å². The van der Waals surface area contributed by atoms with Crippen molar-refractivity contribution in [3.8, 4) is 5.69 Å². The molecule has 132 valence electrons. The molecule has 2 aromatic rings. The molecule has 2 saturated heterocycles. The lowest BCUT2D eigenvalue weighted by atomic mass is 9.72. The van der Waals surface area contributed by atoms with E-state index in [4.69, 9.17) is 4.74 Å². The number of carboxylic acid groups (broad SMARTS) is 1. The van der Waals surface area contributed by atoms with Crippen LogP contribution >= 0.6 is 0 Å². The number of rotatable bonds is 4. The summed E-state index contributed by atoms with van der Waals surface area (Å²) in [7, 11) is 0. The molecule has 2 fully saturated rings. The van der Waals surface area contributed by atoms with Crippen LogP contribution in [0.3, 0.4) is 0 Å². The van der Waals surface area contributed by atoms with E-state index >= 15 is 0 Å². The quantitative estimate of drug-likeness (QED) is 0.923. The number of imidazole rings is 1. The monoisotopic (exact) mass is 341 g/mol. The number of carboxylic acids is 1. The Balaban J connectivity index is 1.47. The summed E-state index contributed by atoms with van der Waals surface area (Å²) in [6.07, 6.45) is 7.15. The molecule has 1 atom stereocenters. The Morgan fingerprint density at radius 1 is 1.28 bits per heavy atom. The van der Waals surface area contributed by atoms with Crippen LogP contribution in [0.2, 0.25) is 0 Å². The molecular weight excluding hydrogens is 318 g/mol. The van der Waals surface area contributed by atoms with Crippen molar-refractivity contribution in [3.63, 3.8) is 0 Å². The van der Waals surface area contributed by atoms with Gasteiger partial charge >= 0.3 is 5.97 Å². The first-order valence-electron chi connectivity index (χ1n) is 8.76. The average Bonchev–Trinajstić information content (AvgIpc) is 3.25. The lowest BCUT2D eigenvalue weighted by Gasteiger charge is -2.36. The van der Waals surface area contributed by atoms with Crippen molar-refractivity contribution in [1.82, 2.24) is 14.5 Å². The fourth-order valence-electron chi connectivity index (χ4n) is 4.26. The summed E-state index contributed by atoms with van der Waals surface area (Å²) in [5.41, 5.74) is 2.16. The highest BCUT2D eigenvalue weighted by molar-refractivity contribution is 5.72. The van der Waals surface area contributed by atoms with Gasteiger partial charge in [-0.3, -0.25) is 9.69 Å². The lowest BCUT2D eigenvalue weighted by molar-refractivity contribution is -0.147. The second-order valence-electron chi connectivity index (χ2n) is 7.17. The van der Waals surface area contributed by atoms with Crippen molar-refractivity contribution in [3.05, 3.63) is 48.5 Å². The molecule has 6 nitrogen and oxygen atoms in total. The molecule has 0 aliphatic carbocycles. The van der Waals surface area contributed by atoms with Gasteiger partial charge in [-0.1, -0.05) is 12.1 Å². The molecule has 0 amide bonds. The summed E-state index contributed by atoms with van der Waals surface area (Å²) in [5.74, 6) is -0.957. The normalized spacial score (nSPS) is 23.1. The smallest absolute Gasteiger partial charge is 0.308 e. The largest absolute Gasteiger partial charge is 0.481 e. The number of carbonyl (C=O) groups is 1. The van der Waals surface area contributed by atoms with E-state index < -0.39 is 5.97 Å². The molecule has 1 aromatic heterocycles. The lowest BCUT2D eigenvalue weighted by Crippen LogP contribution is -2.40. The zero-order valence-electron chi connectivity index (χ0n) is 14.2. The second kappa shape index (κ2) is 6.61. The number of benzene rings is 1. The molecule has 4 rings (SSSR count). The van der Waals surface area contributed by atoms with Crippen LogP contribution in [0.5, 0.6) is 0 Å². The maximum Gasteiger partial charge on any atom is 0.308 e. The standard InChI is InChI=1S/C19H23N3O3/c23-18(24)17-12-21(13-19(17)5-9-25-10-6-19)11-15-1-3-16(4-2-15)22-8-7-20-14-22/h1-4,7-8,14,17H,5-6,9-13H2,(H,23,24). The van der Waals surface area contributed by atoms with Crippen LogP contribution in [0, 0.1) is 11.3 Å². The summed E-state index contributed by atoms with van der Waals surface area (Å²) < 4.78 is 7.44. The maximum atomic E-state index is 11.8. The minimum absolute atomic E-state index is 0.124. The van der Waals surface area contributed by atoms with E-state index in [9.17, 15) is 9.90 Å². The molecule has 2 aliphatic heterocycles. The first kappa shape index (κ1) is 16.3. The highest BCUT2D eigenvalue weighted by Gasteiger charge is 2.50. The highest BCUT2D eigenvalue weighted by Crippen LogP contribution is 2.44. The van der Waals surface area contributed by atoms with E-state index in [2.05, 4.69) is 34.1 Å². The van der Waals surface area contributed by atoms with Gasteiger partial charge in [-0.15, -0.1) is 0 Å². The average molecular weight is 341 g/mol. The summed E-state index contributed by atoms with van der Waals surface area (Å²) >= 11 is 0. The van der Waals surface area contributed by atoms with E-state index in [1.54, 1.807) is 12.5 Å². The zero-order chi connectivity index (χ0) is 17.3. The van der Waals surface area contributed by atoms with Gasteiger partial charge in [0.15, 0.2) is 0 Å². The van der Waals surface area contributed by atoms with Gasteiger partial charge in [-0.25, -0.2) is 4.98 Å². The van der Waals surface area contributed by atoms with Gasteiger partial charge in [0.2, 0.25) is 0 Å². The van der Waals surface area contributed by atoms with Crippen LogP contribution in [0.25, 0.3) is 5.69 Å². The van der Waals surface area contributed by atoms with Crippen molar-refractivity contribution < 1.29 is 14.6 Å². The molecule has 0 saturated carbocycles. The number of ether oxygens (including phenoxy) is 1. The number of hydrogen-bond donors (Lipinski definition) is 1. The Labute approximate surface area is 147 Å². The molecular formula is C19H23N3O3. The Morgan fingerprint density at radius 2 is 2.04 bits per heavy atom. The van der Waals surface area contributed by atoms with Gasteiger partial charge in [-0.2, -0.15) is 0 Å². The summed E-state index contributed by atoms with van der Waals surface area (Å²) in [4.78, 5) is 18.1. The van der Waals surface area contributed by atoms with Gasteiger partial charge in [0.25, 0.3) is 0 Å². The first-order valence-corrected chi connectivity index (χ1v) is 8.76. The topological polar surface area (TPSA) is 67.6 Å². The van der Waals surface area contributed by atoms with Crippen molar-refractivity contribution in [2.75, 3.05) is 26.3 Å². The third-order valence-corrected chi connectivity index (χ3v) is 5.65. The molecule has 1 N–H and O–H groups in total. The Bertz CT molecular complexity index is 721. The van der Waals surface area contributed by atoms with E-state index in [0.717, 1.165) is 31.6 Å². The maximum absolute atomic E-state index is 11.8. The Morgan fingerprint density at radius 3 is 2.68 bits per heavy atom. The van der Waals surface area contributed by atoms with Crippen molar-refractivity contribution in [1.29, 1.82) is 0 Å². The summed E-state index contributed by atoms with van der Waals surface area (Å²) in [5, 5.41) is 9.68. The van der Waals surface area contributed by atoms with Crippen LogP contribution in [-0.2, 0) is 16.1 Å². The first-order chi connectivity index (χ1) is 12.2. The Kier molecular flexibility index (Phi) is 4.31. The molecule has 1 spiro atoms. The van der Waals surface area contributed by atoms with Crippen molar-refractivity contribution >= 4 is 5.97 Å². The predicted molar refractivity (Wildman–Crippen MR) is 92.5 cm³/mol. The number of nitrogens with zero attached hydrogens (tertiary/aromatic N) is 3. The number of likely N-dealkylation sites (tertiary alicyclic amines) is 1. The molecule has 0 bridgehead atoms. The Hall–Kier alpha value is -2.18. The molecule has 6 heteroatoms. The van der Waals surface area contributed by atoms with Crippen LogP contribution in [-0.4, -0.2) is 51.8 Å². The van der Waals surface area contributed by atoms with E-state index in [1.807, 2.05) is 10.8 Å². The number of aromatic nitrogens is 2. The minimum Gasteiger partial charge on any atom is -0.481 e. The summed E-state index contributed by atoms with van der Waals surface area (Å²) in [6.45, 7) is 3.61. The van der Waals surface area contributed by atoms with Crippen LogP contribution in [0.15, 0.2) is 43.0 Å². The number of hydrogen-bond acceptors (Lipinski definition) is 4. The van der Waals surface area contributed by atoms with Gasteiger partial charge in [0.05, 0.1) is 12.2 Å². The second-order valence-corrected chi connectivity index (χ2v) is 7.17. The van der Waals surface area contributed by atoms with E-state index in [-0.39, 0.29) is 11.3 Å². The van der Waals surface area contributed by atoms with E-state index in [1.165, 1.54) is 5.56 Å². The fourth-order valence-corrected chi connectivity index (χ4v) is 4.26. The number of aliphatic carboxylic acids is 1. The molecule has 1 unspecified atom stereocenters. The van der Waals surface area contributed by atoms with Gasteiger partial charge in [0, 0.05) is 56.3 Å². The van der Waals surface area contributed by atoms with Crippen LogP contribution in [0.1, 0.15) is 18.4 Å². The predicted octanol–water partition coefficient (Wildman–Crippen LogP) is 2.19. The van der Waals surface area contributed by atoms with Gasteiger partial charge in [-0.05, 0) is 30.5 Å². The minimum atomic E-state index is -0.667. The zero-order valence-corrected chi connectivity index (χ0v) is 14.2. The fraction of sp³-hybridized carbons (Fsp3) is 0.474. The molecule has 3 heterocycles.